The number of aldehydes is 1. The Bertz CT molecular complexity index is 1300. The highest BCUT2D eigenvalue weighted by Crippen LogP contribution is 2.47. The molecule has 14 heteroatoms. The molecule has 0 amide bonds. The van der Waals surface area contributed by atoms with Gasteiger partial charge in [0, 0.05) is 50.0 Å². The van der Waals surface area contributed by atoms with E-state index in [4.69, 9.17) is 33.2 Å². The maximum Gasteiger partial charge on any atom is 0.330 e. The minimum atomic E-state index is -2.31. The van der Waals surface area contributed by atoms with Gasteiger partial charge in [-0.15, -0.1) is 0 Å². The van der Waals surface area contributed by atoms with Gasteiger partial charge in [0.05, 0.1) is 56.8 Å². The molecule has 4 aliphatic heterocycles. The number of aliphatic hydroxyl groups is 3. The van der Waals surface area contributed by atoms with Crippen molar-refractivity contribution in [1.29, 1.82) is 0 Å². The van der Waals surface area contributed by atoms with Crippen molar-refractivity contribution in [3.63, 3.8) is 0 Å². The maximum absolute atomic E-state index is 13.3. The molecule has 0 aromatic heterocycles. The number of esters is 3. The van der Waals surface area contributed by atoms with Crippen molar-refractivity contribution >= 4 is 24.2 Å². The molecule has 1 unspecified atom stereocenters. The van der Waals surface area contributed by atoms with Crippen LogP contribution < -0.4 is 0 Å². The SMILES string of the molecule is CCCCCCCC(=O)O[C@H]1/C(=C/C(=O)OC)CC2C[C@H](CO)OC(=O)C[C@H](O)C[C@@H]3CCC[C@H](C[C@@H]4C[C@H](CC=O)O[C@H](/C=C/C(C)(C)[C@]1(O)O2)O4)O3. The molecule has 54 heavy (non-hydrogen) atoms. The van der Waals surface area contributed by atoms with Crippen LogP contribution in [0.3, 0.4) is 0 Å². The standard InChI is InChI=1S/C40H62O14/c1-5-6-7-8-9-13-34(44)53-38-26(19-35(45)48-4)18-32-24-33(25-42)50-36(46)21-27(43)20-28-11-10-12-29(49-28)22-31-23-30(15-17-41)51-37(52-31)14-16-39(2,3)40(38,47)54-32/h14,16-17,19,27-33,37-38,42-43,47H,5-13,15,18,20-25H2,1-4H3/b16-14+,26-19+/t27-,28+,29-,30+,31-,32?,33-,37+,38+,40-/m1/s1. The largest absolute Gasteiger partial charge is 0.466 e. The number of fused-ring (bicyclic) bond motifs is 6. The van der Waals surface area contributed by atoms with Gasteiger partial charge in [-0.25, -0.2) is 4.79 Å². The molecule has 0 radical (unpaired) electrons. The van der Waals surface area contributed by atoms with Crippen LogP contribution in [0, 0.1) is 5.41 Å². The lowest BCUT2D eigenvalue weighted by atomic mass is 9.74. The van der Waals surface area contributed by atoms with Gasteiger partial charge in [-0.3, -0.25) is 9.59 Å². The summed E-state index contributed by atoms with van der Waals surface area (Å²) in [6.07, 6.45) is 6.40. The van der Waals surface area contributed by atoms with E-state index in [2.05, 4.69) is 6.92 Å². The summed E-state index contributed by atoms with van der Waals surface area (Å²) >= 11 is 0. The number of unbranched alkanes of at least 4 members (excludes halogenated alkanes) is 4. The molecule has 0 aliphatic carbocycles. The highest BCUT2D eigenvalue weighted by molar-refractivity contribution is 5.83. The molecular weight excluding hydrogens is 704 g/mol. The Morgan fingerprint density at radius 2 is 1.67 bits per heavy atom. The lowest BCUT2D eigenvalue weighted by Crippen LogP contribution is -2.62. The number of aliphatic hydroxyl groups excluding tert-OH is 2. The van der Waals surface area contributed by atoms with Crippen LogP contribution in [0.4, 0.5) is 0 Å². The quantitative estimate of drug-likeness (QED) is 0.0674. The molecule has 306 valence electrons. The number of cyclic esters (lactones) is 1. The first kappa shape index (κ1) is 44.0. The lowest BCUT2D eigenvalue weighted by molar-refractivity contribution is -0.327. The van der Waals surface area contributed by atoms with Gasteiger partial charge in [-0.05, 0) is 43.8 Å². The average molecular weight is 767 g/mol. The molecule has 3 saturated heterocycles. The molecule has 0 saturated carbocycles. The second kappa shape index (κ2) is 21.0. The van der Waals surface area contributed by atoms with Crippen LogP contribution in [0.5, 0.6) is 0 Å². The van der Waals surface area contributed by atoms with E-state index in [1.54, 1.807) is 26.0 Å². The van der Waals surface area contributed by atoms with E-state index in [0.717, 1.165) is 57.3 Å². The predicted molar refractivity (Wildman–Crippen MR) is 194 cm³/mol. The Labute approximate surface area is 318 Å². The Morgan fingerprint density at radius 3 is 2.37 bits per heavy atom. The first-order valence-electron chi connectivity index (χ1n) is 19.7. The fourth-order valence-electron chi connectivity index (χ4n) is 7.81. The first-order valence-corrected chi connectivity index (χ1v) is 19.7. The Morgan fingerprint density at radius 1 is 0.944 bits per heavy atom. The monoisotopic (exact) mass is 766 g/mol. The van der Waals surface area contributed by atoms with Crippen LogP contribution in [0.1, 0.15) is 124 Å². The van der Waals surface area contributed by atoms with Crippen molar-refractivity contribution < 1.29 is 67.7 Å². The highest BCUT2D eigenvalue weighted by atomic mass is 16.7. The molecule has 14 nitrogen and oxygen atoms in total. The van der Waals surface area contributed by atoms with E-state index in [0.29, 0.717) is 19.3 Å². The van der Waals surface area contributed by atoms with Crippen molar-refractivity contribution in [3.8, 4) is 0 Å². The van der Waals surface area contributed by atoms with E-state index in [9.17, 15) is 34.5 Å². The second-order valence-electron chi connectivity index (χ2n) is 15.7. The van der Waals surface area contributed by atoms with Crippen LogP contribution in [-0.2, 0) is 52.3 Å². The first-order chi connectivity index (χ1) is 25.8. The Balaban J connectivity index is 1.72. The Kier molecular flexibility index (Phi) is 17.1. The fourth-order valence-corrected chi connectivity index (χ4v) is 7.81. The van der Waals surface area contributed by atoms with Crippen LogP contribution in [-0.4, -0.2) is 114 Å². The number of hydrogen-bond donors (Lipinski definition) is 3. The van der Waals surface area contributed by atoms with Gasteiger partial charge in [0.25, 0.3) is 0 Å². The van der Waals surface area contributed by atoms with Gasteiger partial charge < -0.3 is 53.3 Å². The summed E-state index contributed by atoms with van der Waals surface area (Å²) in [5.74, 6) is -4.36. The summed E-state index contributed by atoms with van der Waals surface area (Å²) in [6.45, 7) is 4.86. The molecule has 0 spiro atoms. The topological polar surface area (TPSA) is 194 Å². The van der Waals surface area contributed by atoms with Crippen LogP contribution in [0.2, 0.25) is 0 Å². The third-order valence-corrected chi connectivity index (χ3v) is 10.8. The van der Waals surface area contributed by atoms with Gasteiger partial charge >= 0.3 is 17.9 Å². The Hall–Kier alpha value is -2.72. The number of carbonyl (C=O) groups excluding carboxylic acids is 4. The summed E-state index contributed by atoms with van der Waals surface area (Å²) in [6, 6.07) is 0. The smallest absolute Gasteiger partial charge is 0.330 e. The summed E-state index contributed by atoms with van der Waals surface area (Å²) in [4.78, 5) is 50.6. The molecule has 10 atom stereocenters. The molecular formula is C40H62O14. The second-order valence-corrected chi connectivity index (χ2v) is 15.7. The van der Waals surface area contributed by atoms with E-state index >= 15 is 0 Å². The van der Waals surface area contributed by atoms with E-state index in [1.165, 1.54) is 7.11 Å². The van der Waals surface area contributed by atoms with Gasteiger partial charge in [0.15, 0.2) is 12.4 Å². The molecule has 0 aromatic carbocycles. The van der Waals surface area contributed by atoms with Crippen LogP contribution >= 0.6 is 0 Å². The third-order valence-electron chi connectivity index (χ3n) is 10.8. The van der Waals surface area contributed by atoms with E-state index in [1.807, 2.05) is 0 Å². The molecule has 3 N–H and O–H groups in total. The molecule has 0 aromatic rings. The summed E-state index contributed by atoms with van der Waals surface area (Å²) in [5.41, 5.74) is -1.16. The van der Waals surface area contributed by atoms with Gasteiger partial charge in [-0.2, -0.15) is 0 Å². The minimum Gasteiger partial charge on any atom is -0.466 e. The maximum atomic E-state index is 13.3. The molecule has 3 fully saturated rings. The van der Waals surface area contributed by atoms with Crippen molar-refractivity contribution in [2.75, 3.05) is 13.7 Å². The predicted octanol–water partition coefficient (Wildman–Crippen LogP) is 4.28. The zero-order valence-corrected chi connectivity index (χ0v) is 32.4. The summed E-state index contributed by atoms with van der Waals surface area (Å²) in [7, 11) is 1.20. The average Bonchev–Trinajstić information content (AvgIpc) is 3.11. The third kappa shape index (κ3) is 12.7. The van der Waals surface area contributed by atoms with Crippen molar-refractivity contribution in [2.24, 2.45) is 5.41 Å². The zero-order valence-electron chi connectivity index (χ0n) is 32.4. The van der Waals surface area contributed by atoms with Crippen molar-refractivity contribution in [2.45, 2.75) is 184 Å². The number of rotatable bonds is 11. The van der Waals surface area contributed by atoms with E-state index in [-0.39, 0.29) is 62.4 Å². The summed E-state index contributed by atoms with van der Waals surface area (Å²) in [5, 5.41) is 33.8. The number of hydrogen-bond acceptors (Lipinski definition) is 14. The number of methoxy groups -OCH3 is 1. The van der Waals surface area contributed by atoms with Gasteiger partial charge in [0.1, 0.15) is 12.4 Å². The molecule has 4 rings (SSSR count). The van der Waals surface area contributed by atoms with Gasteiger partial charge in [-0.1, -0.05) is 52.5 Å². The molecule has 6 bridgehead atoms. The fraction of sp³-hybridized carbons (Fsp3) is 0.800. The van der Waals surface area contributed by atoms with Crippen molar-refractivity contribution in [1.82, 2.24) is 0 Å². The highest BCUT2D eigenvalue weighted by Gasteiger charge is 2.57. The molecule has 4 heterocycles. The normalized spacial score (nSPS) is 36.3. The number of ether oxygens (including phenoxy) is 7. The zero-order chi connectivity index (χ0) is 39.3. The lowest BCUT2D eigenvalue weighted by Gasteiger charge is -2.51. The van der Waals surface area contributed by atoms with Crippen LogP contribution in [0.25, 0.3) is 0 Å². The minimum absolute atomic E-state index is 0.0353. The van der Waals surface area contributed by atoms with Crippen molar-refractivity contribution in [3.05, 3.63) is 23.8 Å². The van der Waals surface area contributed by atoms with Gasteiger partial charge in [0.2, 0.25) is 5.79 Å². The molecule has 4 aliphatic rings. The summed E-state index contributed by atoms with van der Waals surface area (Å²) < 4.78 is 41.8. The van der Waals surface area contributed by atoms with Crippen LogP contribution in [0.15, 0.2) is 23.8 Å². The van der Waals surface area contributed by atoms with E-state index < -0.39 is 72.5 Å². The number of carbonyl (C=O) groups is 4.